The molecule has 0 atom stereocenters. The minimum atomic E-state index is -4.06. The fraction of sp³-hybridized carbons (Fsp3) is 0.235. The van der Waals surface area contributed by atoms with Gasteiger partial charge in [0.2, 0.25) is 10.0 Å². The van der Waals surface area contributed by atoms with Crippen molar-refractivity contribution in [2.75, 3.05) is 31.1 Å². The van der Waals surface area contributed by atoms with Gasteiger partial charge in [0.15, 0.2) is 0 Å². The van der Waals surface area contributed by atoms with Crippen LogP contribution in [0.2, 0.25) is 0 Å². The molecule has 1 heterocycles. The van der Waals surface area contributed by atoms with E-state index in [4.69, 9.17) is 5.14 Å². The number of benzene rings is 2. The lowest BCUT2D eigenvalue weighted by atomic mass is 10.1. The number of hydrogen-bond acceptors (Lipinski definition) is 7. The number of carbonyl (C=O) groups excluding carboxylic acids is 1. The fourth-order valence-corrected chi connectivity index (χ4v) is 3.60. The average molecular weight is 406 g/mol. The van der Waals surface area contributed by atoms with Crippen LogP contribution in [0.3, 0.4) is 0 Å². The summed E-state index contributed by atoms with van der Waals surface area (Å²) < 4.78 is 22.9. The summed E-state index contributed by atoms with van der Waals surface area (Å²) >= 11 is 0. The second-order valence-electron chi connectivity index (χ2n) is 6.28. The number of nitrogens with zero attached hydrogens (tertiary/aromatic N) is 3. The van der Waals surface area contributed by atoms with Gasteiger partial charge in [0, 0.05) is 37.8 Å². The van der Waals surface area contributed by atoms with Crippen LogP contribution < -0.4 is 10.0 Å². The average Bonchev–Trinajstić information content (AvgIpc) is 2.66. The molecule has 2 aromatic carbocycles. The number of phenolic OH excluding ortho intramolecular Hbond substituents is 1. The van der Waals surface area contributed by atoms with E-state index >= 15 is 0 Å². The zero-order chi connectivity index (χ0) is 20.5. The number of sulfonamides is 1. The van der Waals surface area contributed by atoms with E-state index in [9.17, 15) is 28.4 Å². The molecule has 1 amide bonds. The smallest absolute Gasteiger partial charge is 0.293 e. The SMILES string of the molecule is NS(=O)(=O)c1ccc(N2CCN(C(=O)c3cccc(O)c3)CC2)c([N+](=O)[O-])c1. The summed E-state index contributed by atoms with van der Waals surface area (Å²) in [5, 5.41) is 26.0. The van der Waals surface area contributed by atoms with Crippen LogP contribution >= 0.6 is 0 Å². The second kappa shape index (κ2) is 7.44. The van der Waals surface area contributed by atoms with Crippen molar-refractivity contribution in [2.24, 2.45) is 5.14 Å². The number of nitro benzene ring substituents is 1. The Morgan fingerprint density at radius 1 is 1.11 bits per heavy atom. The zero-order valence-electron chi connectivity index (χ0n) is 14.7. The van der Waals surface area contributed by atoms with Gasteiger partial charge in [-0.15, -0.1) is 0 Å². The van der Waals surface area contributed by atoms with Crippen LogP contribution in [0.5, 0.6) is 5.75 Å². The van der Waals surface area contributed by atoms with Crippen molar-refractivity contribution >= 4 is 27.3 Å². The molecular weight excluding hydrogens is 388 g/mol. The molecule has 1 fully saturated rings. The van der Waals surface area contributed by atoms with Gasteiger partial charge in [-0.3, -0.25) is 14.9 Å². The third kappa shape index (κ3) is 4.05. The summed E-state index contributed by atoms with van der Waals surface area (Å²) in [4.78, 5) is 26.2. The maximum atomic E-state index is 12.5. The summed E-state index contributed by atoms with van der Waals surface area (Å²) in [7, 11) is -4.06. The first kappa shape index (κ1) is 19.6. The van der Waals surface area contributed by atoms with Crippen molar-refractivity contribution in [1.29, 1.82) is 0 Å². The maximum Gasteiger partial charge on any atom is 0.293 e. The zero-order valence-corrected chi connectivity index (χ0v) is 15.5. The molecule has 3 N–H and O–H groups in total. The largest absolute Gasteiger partial charge is 0.508 e. The molecule has 11 heteroatoms. The molecule has 0 saturated carbocycles. The number of hydrogen-bond donors (Lipinski definition) is 2. The number of amides is 1. The minimum Gasteiger partial charge on any atom is -0.508 e. The van der Waals surface area contributed by atoms with Crippen LogP contribution in [-0.4, -0.2) is 55.4 Å². The number of primary sulfonamides is 1. The van der Waals surface area contributed by atoms with Gasteiger partial charge in [-0.1, -0.05) is 6.07 Å². The molecule has 0 bridgehead atoms. The molecule has 0 radical (unpaired) electrons. The molecule has 148 valence electrons. The van der Waals surface area contributed by atoms with Gasteiger partial charge in [0.25, 0.3) is 11.6 Å². The second-order valence-corrected chi connectivity index (χ2v) is 7.84. The van der Waals surface area contributed by atoms with Crippen molar-refractivity contribution in [2.45, 2.75) is 4.90 Å². The number of nitro groups is 1. The van der Waals surface area contributed by atoms with E-state index < -0.39 is 14.9 Å². The molecule has 0 aliphatic carbocycles. The lowest BCUT2D eigenvalue weighted by molar-refractivity contribution is -0.384. The Hall–Kier alpha value is -3.18. The third-order valence-electron chi connectivity index (χ3n) is 4.47. The topological polar surface area (TPSA) is 147 Å². The van der Waals surface area contributed by atoms with Crippen LogP contribution in [-0.2, 0) is 10.0 Å². The van der Waals surface area contributed by atoms with Crippen molar-refractivity contribution in [3.63, 3.8) is 0 Å². The first-order valence-corrected chi connectivity index (χ1v) is 9.86. The van der Waals surface area contributed by atoms with Gasteiger partial charge >= 0.3 is 0 Å². The van der Waals surface area contributed by atoms with Gasteiger partial charge in [-0.05, 0) is 30.3 Å². The van der Waals surface area contributed by atoms with E-state index in [-0.39, 0.29) is 27.9 Å². The highest BCUT2D eigenvalue weighted by molar-refractivity contribution is 7.89. The van der Waals surface area contributed by atoms with Crippen molar-refractivity contribution in [3.05, 3.63) is 58.1 Å². The highest BCUT2D eigenvalue weighted by Crippen LogP contribution is 2.31. The summed E-state index contributed by atoms with van der Waals surface area (Å²) in [5.74, 6) is -0.246. The Kier molecular flexibility index (Phi) is 5.21. The van der Waals surface area contributed by atoms with Crippen LogP contribution in [0.4, 0.5) is 11.4 Å². The number of aromatic hydroxyl groups is 1. The molecule has 1 saturated heterocycles. The first-order valence-electron chi connectivity index (χ1n) is 8.31. The minimum absolute atomic E-state index is 0.00458. The summed E-state index contributed by atoms with van der Waals surface area (Å²) in [6, 6.07) is 9.55. The molecule has 1 aliphatic heterocycles. The van der Waals surface area contributed by atoms with Crippen molar-refractivity contribution in [3.8, 4) is 5.75 Å². The number of anilines is 1. The molecule has 1 aliphatic rings. The summed E-state index contributed by atoms with van der Waals surface area (Å²) in [6.07, 6.45) is 0. The Balaban J connectivity index is 1.78. The molecule has 0 spiro atoms. The number of piperazine rings is 1. The van der Waals surface area contributed by atoms with Crippen LogP contribution in [0.15, 0.2) is 47.4 Å². The molecule has 0 unspecified atom stereocenters. The summed E-state index contributed by atoms with van der Waals surface area (Å²) in [6.45, 7) is 1.31. The van der Waals surface area contributed by atoms with Crippen LogP contribution in [0.25, 0.3) is 0 Å². The third-order valence-corrected chi connectivity index (χ3v) is 5.38. The lowest BCUT2D eigenvalue weighted by Gasteiger charge is -2.35. The predicted octanol–water partition coefficient (Wildman–Crippen LogP) is 0.910. The van der Waals surface area contributed by atoms with E-state index in [2.05, 4.69) is 0 Å². The van der Waals surface area contributed by atoms with Crippen LogP contribution in [0, 0.1) is 10.1 Å². The van der Waals surface area contributed by atoms with Gasteiger partial charge in [-0.25, -0.2) is 13.6 Å². The van der Waals surface area contributed by atoms with E-state index in [0.29, 0.717) is 31.7 Å². The lowest BCUT2D eigenvalue weighted by Crippen LogP contribution is -2.49. The van der Waals surface area contributed by atoms with Crippen molar-refractivity contribution in [1.82, 2.24) is 4.90 Å². The molecule has 3 rings (SSSR count). The summed E-state index contributed by atoms with van der Waals surface area (Å²) in [5.41, 5.74) is 0.262. The molecule has 0 aromatic heterocycles. The van der Waals surface area contributed by atoms with Crippen LogP contribution in [0.1, 0.15) is 10.4 Å². The fourth-order valence-electron chi connectivity index (χ4n) is 3.07. The Labute approximate surface area is 161 Å². The van der Waals surface area contributed by atoms with E-state index in [1.165, 1.54) is 24.3 Å². The molecular formula is C17H18N4O6S. The van der Waals surface area contributed by atoms with E-state index in [0.717, 1.165) is 6.07 Å². The van der Waals surface area contributed by atoms with Crippen molar-refractivity contribution < 1.29 is 23.2 Å². The first-order chi connectivity index (χ1) is 13.2. The Bertz CT molecular complexity index is 1030. The van der Waals surface area contributed by atoms with E-state index in [1.54, 1.807) is 21.9 Å². The number of rotatable bonds is 4. The maximum absolute atomic E-state index is 12.5. The predicted molar refractivity (Wildman–Crippen MR) is 101 cm³/mol. The standard InChI is InChI=1S/C17H18N4O6S/c18-28(26,27)14-4-5-15(16(11-14)21(24)25)19-6-8-20(9-7-19)17(23)12-2-1-3-13(22)10-12/h1-5,10-11,22H,6-9H2,(H2,18,26,27). The highest BCUT2D eigenvalue weighted by atomic mass is 32.2. The number of phenols is 1. The highest BCUT2D eigenvalue weighted by Gasteiger charge is 2.27. The Morgan fingerprint density at radius 3 is 2.36 bits per heavy atom. The monoisotopic (exact) mass is 406 g/mol. The quantitative estimate of drug-likeness (QED) is 0.566. The Morgan fingerprint density at radius 2 is 1.79 bits per heavy atom. The normalized spacial score (nSPS) is 14.8. The van der Waals surface area contributed by atoms with Gasteiger partial charge < -0.3 is 14.9 Å². The van der Waals surface area contributed by atoms with Gasteiger partial charge in [-0.2, -0.15) is 0 Å². The molecule has 28 heavy (non-hydrogen) atoms. The number of nitrogens with two attached hydrogens (primary N) is 1. The number of carbonyl (C=O) groups is 1. The van der Waals surface area contributed by atoms with E-state index in [1.807, 2.05) is 0 Å². The molecule has 10 nitrogen and oxygen atoms in total. The van der Waals surface area contributed by atoms with Gasteiger partial charge in [0.1, 0.15) is 11.4 Å². The van der Waals surface area contributed by atoms with Gasteiger partial charge in [0.05, 0.1) is 9.82 Å². The molecule has 2 aromatic rings.